The Hall–Kier alpha value is -4.80. The lowest BCUT2D eigenvalue weighted by molar-refractivity contribution is -0.369. The van der Waals surface area contributed by atoms with Crippen molar-refractivity contribution >= 4 is 33.1 Å². The second-order valence-corrected chi connectivity index (χ2v) is 14.7. The number of allylic oxidation sites excluding steroid dienone is 2. The lowest BCUT2D eigenvalue weighted by Gasteiger charge is -2.41. The molecule has 3 aromatic carbocycles. The van der Waals surface area contributed by atoms with Crippen LogP contribution in [0.2, 0.25) is 0 Å². The van der Waals surface area contributed by atoms with Gasteiger partial charge in [-0.25, -0.2) is 9.78 Å². The Morgan fingerprint density at radius 3 is 2.59 bits per heavy atom. The van der Waals surface area contributed by atoms with Crippen molar-refractivity contribution in [1.82, 2.24) is 0 Å². The number of anilines is 1. The Morgan fingerprint density at radius 1 is 1.07 bits per heavy atom. The summed E-state index contributed by atoms with van der Waals surface area (Å²) in [5.41, 5.74) is 1.27. The first-order valence-corrected chi connectivity index (χ1v) is 17.8. The Balaban J connectivity index is 1.21. The van der Waals surface area contributed by atoms with Crippen molar-refractivity contribution in [2.24, 2.45) is 4.99 Å². The van der Waals surface area contributed by atoms with E-state index in [1.165, 1.54) is 36.4 Å². The summed E-state index contributed by atoms with van der Waals surface area (Å²) in [7, 11) is 0. The molecule has 3 aliphatic rings. The summed E-state index contributed by atoms with van der Waals surface area (Å²) < 4.78 is 12.9. The molecule has 0 aliphatic carbocycles. The highest BCUT2D eigenvalue weighted by Gasteiger charge is 2.46. The quantitative estimate of drug-likeness (QED) is 0.0821. The van der Waals surface area contributed by atoms with Crippen LogP contribution in [-0.2, 0) is 22.6 Å². The molecule has 5 atom stereocenters. The van der Waals surface area contributed by atoms with E-state index in [1.807, 2.05) is 13.0 Å². The van der Waals surface area contributed by atoms with Gasteiger partial charge in [0.1, 0.15) is 65.2 Å². The monoisotopic (exact) mass is 744 g/mol. The minimum absolute atomic E-state index is 0.0856. The van der Waals surface area contributed by atoms with Crippen molar-refractivity contribution in [1.29, 1.82) is 0 Å². The van der Waals surface area contributed by atoms with Gasteiger partial charge in [0.15, 0.2) is 16.8 Å². The number of aryl methyl sites for hydroxylation is 1. The summed E-state index contributed by atoms with van der Waals surface area (Å²) in [4.78, 5) is 31.6. The molecule has 0 amide bonds. The highest BCUT2D eigenvalue weighted by atomic mass is 17.2. The fourth-order valence-electron chi connectivity index (χ4n) is 7.56. The number of benzene rings is 3. The van der Waals surface area contributed by atoms with Gasteiger partial charge in [-0.2, -0.15) is 0 Å². The van der Waals surface area contributed by atoms with E-state index in [1.54, 1.807) is 33.0 Å². The van der Waals surface area contributed by atoms with E-state index in [2.05, 4.69) is 9.89 Å². The second kappa shape index (κ2) is 14.1. The molecule has 14 nitrogen and oxygen atoms in total. The lowest BCUT2D eigenvalue weighted by Crippen LogP contribution is -2.57. The van der Waals surface area contributed by atoms with Crippen LogP contribution in [0.25, 0.3) is 21.7 Å². The molecule has 286 valence electrons. The summed E-state index contributed by atoms with van der Waals surface area (Å²) in [5.74, 6) is 0.757. The zero-order chi connectivity index (χ0) is 38.7. The molecule has 54 heavy (non-hydrogen) atoms. The number of phenols is 2. The molecule has 4 heterocycles. The van der Waals surface area contributed by atoms with Crippen molar-refractivity contribution in [2.45, 2.75) is 82.6 Å². The topological polar surface area (TPSA) is 215 Å². The standard InChI is InChI=1S/C40H44N2O12/c1-5-29-25-10-11-41-28(25)17-42(29)34-36-22(13-27-31(46)12-20(2)52-37(27)34)14-33(39(3,4)53-36)54-51-19-40(50,38(49)35(48)32(47)18-43)16-21-6-9-30(45)24-8-7-23(44)15-26(21)24/h6-13,15,32-33,35,38,43-45,47-50H,5,14,16-19H2,1-4H3/t32-,33-,35-,38+,40+/m1/s1. The molecule has 14 heteroatoms. The maximum absolute atomic E-state index is 13.4. The van der Waals surface area contributed by atoms with Gasteiger partial charge in [0.2, 0.25) is 0 Å². The van der Waals surface area contributed by atoms with E-state index in [0.29, 0.717) is 63.0 Å². The Bertz CT molecular complexity index is 2280. The van der Waals surface area contributed by atoms with E-state index >= 15 is 0 Å². The van der Waals surface area contributed by atoms with E-state index in [-0.39, 0.29) is 23.3 Å². The fourth-order valence-corrected chi connectivity index (χ4v) is 7.56. The van der Waals surface area contributed by atoms with Crippen molar-refractivity contribution in [3.8, 4) is 17.2 Å². The minimum Gasteiger partial charge on any atom is -0.508 e. The lowest BCUT2D eigenvalue weighted by atomic mass is 9.84. The van der Waals surface area contributed by atoms with Crippen LogP contribution in [0, 0.1) is 6.92 Å². The van der Waals surface area contributed by atoms with Crippen molar-refractivity contribution in [3.63, 3.8) is 0 Å². The van der Waals surface area contributed by atoms with Crippen LogP contribution in [0.1, 0.15) is 44.1 Å². The molecular weight excluding hydrogens is 700 g/mol. The van der Waals surface area contributed by atoms with Crippen LogP contribution in [0.5, 0.6) is 17.2 Å². The molecular formula is C40H44N2O12. The fraction of sp³-hybridized carbons (Fsp3) is 0.400. The van der Waals surface area contributed by atoms with Gasteiger partial charge in [0.25, 0.3) is 0 Å². The van der Waals surface area contributed by atoms with Gasteiger partial charge < -0.3 is 49.8 Å². The van der Waals surface area contributed by atoms with Crippen LogP contribution < -0.4 is 15.1 Å². The molecule has 7 rings (SSSR count). The van der Waals surface area contributed by atoms with Crippen LogP contribution in [0.15, 0.2) is 80.2 Å². The van der Waals surface area contributed by atoms with Crippen molar-refractivity contribution < 1.29 is 54.7 Å². The number of aromatic hydroxyl groups is 2. The molecule has 0 saturated carbocycles. The largest absolute Gasteiger partial charge is 0.508 e. The zero-order valence-electron chi connectivity index (χ0n) is 30.3. The summed E-state index contributed by atoms with van der Waals surface area (Å²) in [6.07, 6.45) is -2.49. The molecule has 4 aromatic rings. The highest BCUT2D eigenvalue weighted by Crippen LogP contribution is 2.48. The average molecular weight is 745 g/mol. The summed E-state index contributed by atoms with van der Waals surface area (Å²) in [6, 6.07) is 10.3. The number of ether oxygens (including phenoxy) is 1. The predicted octanol–water partition coefficient (Wildman–Crippen LogP) is 3.20. The minimum atomic E-state index is -2.35. The molecule has 1 aromatic heterocycles. The molecule has 0 spiro atoms. The van der Waals surface area contributed by atoms with E-state index in [0.717, 1.165) is 17.0 Å². The maximum Gasteiger partial charge on any atom is 0.193 e. The second-order valence-electron chi connectivity index (χ2n) is 14.7. The van der Waals surface area contributed by atoms with Gasteiger partial charge in [0, 0.05) is 47.3 Å². The van der Waals surface area contributed by atoms with Gasteiger partial charge in [-0.3, -0.25) is 9.79 Å². The van der Waals surface area contributed by atoms with Crippen LogP contribution >= 0.6 is 0 Å². The number of nitrogens with zero attached hydrogens (tertiary/aromatic N) is 2. The van der Waals surface area contributed by atoms with Crippen molar-refractivity contribution in [3.05, 3.63) is 93.1 Å². The van der Waals surface area contributed by atoms with Gasteiger partial charge in [-0.05, 0) is 74.5 Å². The van der Waals surface area contributed by atoms with Gasteiger partial charge >= 0.3 is 0 Å². The van der Waals surface area contributed by atoms with E-state index < -0.39 is 55.3 Å². The molecule has 0 unspecified atom stereocenters. The number of phenolic OH excluding ortho intramolecular Hbond substituents is 2. The summed E-state index contributed by atoms with van der Waals surface area (Å²) in [6.45, 7) is 6.17. The number of aliphatic hydroxyl groups is 5. The average Bonchev–Trinajstić information content (AvgIpc) is 3.73. The smallest absolute Gasteiger partial charge is 0.193 e. The van der Waals surface area contributed by atoms with Crippen LogP contribution in [0.4, 0.5) is 5.69 Å². The predicted molar refractivity (Wildman–Crippen MR) is 199 cm³/mol. The van der Waals surface area contributed by atoms with Crippen LogP contribution in [0.3, 0.4) is 0 Å². The first kappa shape index (κ1) is 37.5. The Kier molecular flexibility index (Phi) is 9.81. The number of aliphatic imine (C=N–C) groups is 1. The third kappa shape index (κ3) is 6.53. The number of fused-ring (bicyclic) bond motifs is 4. The third-order valence-electron chi connectivity index (χ3n) is 10.5. The van der Waals surface area contributed by atoms with Crippen molar-refractivity contribution in [2.75, 3.05) is 24.7 Å². The first-order chi connectivity index (χ1) is 25.7. The van der Waals surface area contributed by atoms with Gasteiger partial charge in [0.05, 0.1) is 24.2 Å². The molecule has 3 aliphatic heterocycles. The number of rotatable bonds is 12. The van der Waals surface area contributed by atoms with Gasteiger partial charge in [-0.1, -0.05) is 13.0 Å². The Morgan fingerprint density at radius 2 is 1.85 bits per heavy atom. The number of aliphatic hydroxyl groups excluding tert-OH is 4. The van der Waals surface area contributed by atoms with E-state index in [9.17, 15) is 40.5 Å². The third-order valence-corrected chi connectivity index (χ3v) is 10.5. The van der Waals surface area contributed by atoms with Crippen LogP contribution in [-0.4, -0.2) is 96.8 Å². The number of hydrogen-bond acceptors (Lipinski definition) is 14. The molecule has 0 fully saturated rings. The molecule has 0 bridgehead atoms. The zero-order valence-corrected chi connectivity index (χ0v) is 30.3. The normalized spacial score (nSPS) is 20.4. The molecule has 0 radical (unpaired) electrons. The summed E-state index contributed by atoms with van der Waals surface area (Å²) in [5, 5.41) is 75.3. The van der Waals surface area contributed by atoms with Gasteiger partial charge in [-0.15, -0.1) is 0 Å². The Labute approximate surface area is 310 Å². The SMILES string of the molecule is CCC1=C2C=CN=C2CN1c1c2c(cc3c(=O)cc(C)oc13)C[C@@H](OOC[C@@](O)(Cc1ccc(O)c3ccc(O)cc13)[C@@H](O)[C@H](O)[C@H](O)CO)C(C)(C)O2. The maximum atomic E-state index is 13.4. The first-order valence-electron chi connectivity index (χ1n) is 17.8. The summed E-state index contributed by atoms with van der Waals surface area (Å²) >= 11 is 0. The molecule has 7 N–H and O–H groups in total. The number of hydrogen-bond donors (Lipinski definition) is 7. The van der Waals surface area contributed by atoms with E-state index in [4.69, 9.17) is 18.9 Å². The highest BCUT2D eigenvalue weighted by molar-refractivity contribution is 6.13. The molecule has 0 saturated heterocycles.